The van der Waals surface area contributed by atoms with Gasteiger partial charge in [-0.25, -0.2) is 0 Å². The van der Waals surface area contributed by atoms with Crippen LogP contribution in [0.15, 0.2) is 77.2 Å². The third-order valence-electron chi connectivity index (χ3n) is 4.56. The number of nitrogens with one attached hydrogen (secondary N) is 1. The Balaban J connectivity index is 1.88. The Morgan fingerprint density at radius 3 is 2.50 bits per heavy atom. The second-order valence-electron chi connectivity index (χ2n) is 7.06. The first-order valence-electron chi connectivity index (χ1n) is 10.3. The number of nitriles is 1. The summed E-state index contributed by atoms with van der Waals surface area (Å²) in [4.78, 5) is 22.4. The Morgan fingerprint density at radius 2 is 1.86 bits per heavy atom. The summed E-state index contributed by atoms with van der Waals surface area (Å²) < 4.78 is 37.1. The van der Waals surface area contributed by atoms with Gasteiger partial charge in [-0.1, -0.05) is 12.1 Å². The lowest BCUT2D eigenvalue weighted by Crippen LogP contribution is -2.13. The predicted octanol–water partition coefficient (Wildman–Crippen LogP) is 4.91. The number of amides is 1. The molecule has 0 aliphatic heterocycles. The number of anilines is 1. The summed E-state index contributed by atoms with van der Waals surface area (Å²) in [5.41, 5.74) is 0.311. The first-order chi connectivity index (χ1) is 17.1. The summed E-state index contributed by atoms with van der Waals surface area (Å²) in [7, 11) is -4.42. The van der Waals surface area contributed by atoms with Crippen LogP contribution in [-0.4, -0.2) is 25.9 Å². The molecule has 0 radical (unpaired) electrons. The molecule has 0 spiro atoms. The lowest BCUT2D eigenvalue weighted by molar-refractivity contribution is -0.385. The lowest BCUT2D eigenvalue weighted by atomic mass is 10.1. The van der Waals surface area contributed by atoms with Gasteiger partial charge >= 0.3 is 10.1 Å². The fourth-order valence-corrected chi connectivity index (χ4v) is 4.26. The maximum atomic E-state index is 12.7. The summed E-state index contributed by atoms with van der Waals surface area (Å²) in [6, 6.07) is 17.5. The van der Waals surface area contributed by atoms with Crippen LogP contribution in [0.5, 0.6) is 11.5 Å². The second kappa shape index (κ2) is 11.6. The van der Waals surface area contributed by atoms with Gasteiger partial charge in [0.2, 0.25) is 0 Å². The first kappa shape index (κ1) is 26.6. The zero-order chi connectivity index (χ0) is 26.3. The largest absolute Gasteiger partial charge is 0.490 e. The third kappa shape index (κ3) is 6.80. The minimum Gasteiger partial charge on any atom is -0.490 e. The minimum atomic E-state index is -4.42. The van der Waals surface area contributed by atoms with E-state index in [2.05, 4.69) is 27.9 Å². The molecular weight excluding hydrogens is 601 g/mol. The number of nitro groups is 1. The van der Waals surface area contributed by atoms with Gasteiger partial charge in [-0.15, -0.1) is 0 Å². The van der Waals surface area contributed by atoms with E-state index in [4.69, 9.17) is 8.92 Å². The Labute approximate surface area is 220 Å². The van der Waals surface area contributed by atoms with Crippen LogP contribution < -0.4 is 14.2 Å². The molecule has 10 nitrogen and oxygen atoms in total. The number of non-ortho nitro benzene ring substituents is 1. The van der Waals surface area contributed by atoms with Crippen molar-refractivity contribution in [1.29, 1.82) is 5.26 Å². The van der Waals surface area contributed by atoms with Crippen molar-refractivity contribution in [1.82, 2.24) is 0 Å². The number of ether oxygens (including phenoxy) is 1. The van der Waals surface area contributed by atoms with E-state index >= 15 is 0 Å². The number of rotatable bonds is 9. The SMILES string of the molecule is CCOc1cc(/C=C(/C#N)C(=O)Nc2ccc(I)cc2)ccc1OS(=O)(=O)c1cccc([N+](=O)[O-])c1. The number of carbonyl (C=O) groups excluding carboxylic acids is 1. The van der Waals surface area contributed by atoms with Gasteiger partial charge in [0.05, 0.1) is 11.5 Å². The number of hydrogen-bond donors (Lipinski definition) is 1. The highest BCUT2D eigenvalue weighted by molar-refractivity contribution is 14.1. The molecule has 3 aromatic carbocycles. The van der Waals surface area contributed by atoms with Crippen molar-refractivity contribution >= 4 is 56.1 Å². The van der Waals surface area contributed by atoms with Crippen LogP contribution in [0.2, 0.25) is 0 Å². The van der Waals surface area contributed by atoms with Crippen LogP contribution in [0, 0.1) is 25.0 Å². The summed E-state index contributed by atoms with van der Waals surface area (Å²) in [5.74, 6) is -0.747. The van der Waals surface area contributed by atoms with Crippen LogP contribution in [0.4, 0.5) is 11.4 Å². The average Bonchev–Trinajstić information content (AvgIpc) is 2.85. The van der Waals surface area contributed by atoms with Gasteiger partial charge in [0.1, 0.15) is 16.5 Å². The smallest absolute Gasteiger partial charge is 0.339 e. The predicted molar refractivity (Wildman–Crippen MR) is 140 cm³/mol. The Hall–Kier alpha value is -3.96. The lowest BCUT2D eigenvalue weighted by Gasteiger charge is -2.13. The second-order valence-corrected chi connectivity index (χ2v) is 9.85. The number of nitro benzene ring substituents is 1. The zero-order valence-corrected chi connectivity index (χ0v) is 21.6. The average molecular weight is 619 g/mol. The summed E-state index contributed by atoms with van der Waals surface area (Å²) >= 11 is 2.13. The van der Waals surface area contributed by atoms with Crippen molar-refractivity contribution in [3.8, 4) is 17.6 Å². The van der Waals surface area contributed by atoms with Crippen LogP contribution in [0.25, 0.3) is 6.08 Å². The number of carbonyl (C=O) groups is 1. The quantitative estimate of drug-likeness (QED) is 0.0887. The molecule has 0 aromatic heterocycles. The van der Waals surface area contributed by atoms with Crippen LogP contribution in [0.1, 0.15) is 12.5 Å². The van der Waals surface area contributed by atoms with E-state index < -0.39 is 31.5 Å². The van der Waals surface area contributed by atoms with E-state index in [9.17, 15) is 28.6 Å². The van der Waals surface area contributed by atoms with Crippen molar-refractivity contribution in [2.24, 2.45) is 0 Å². The molecule has 0 saturated carbocycles. The zero-order valence-electron chi connectivity index (χ0n) is 18.7. The molecular formula is C24H18IN3O7S. The molecule has 1 amide bonds. The summed E-state index contributed by atoms with van der Waals surface area (Å²) in [5, 5.41) is 23.1. The highest BCUT2D eigenvalue weighted by Crippen LogP contribution is 2.32. The molecule has 0 aliphatic carbocycles. The number of benzene rings is 3. The highest BCUT2D eigenvalue weighted by Gasteiger charge is 2.22. The molecule has 0 aliphatic rings. The van der Waals surface area contributed by atoms with Gasteiger partial charge in [-0.2, -0.15) is 13.7 Å². The first-order valence-corrected chi connectivity index (χ1v) is 12.8. The van der Waals surface area contributed by atoms with E-state index in [1.165, 1.54) is 36.4 Å². The van der Waals surface area contributed by atoms with Gasteiger partial charge in [-0.3, -0.25) is 14.9 Å². The molecule has 0 unspecified atom stereocenters. The molecule has 36 heavy (non-hydrogen) atoms. The standard InChI is InChI=1S/C24H18IN3O7S/c1-2-34-23-13-16(12-17(15-26)24(29)27-19-9-7-18(25)8-10-19)6-11-22(23)35-36(32,33)21-5-3-4-20(14-21)28(30)31/h3-14H,2H2,1H3,(H,27,29)/b17-12-. The van der Waals surface area contributed by atoms with Crippen LogP contribution in [0.3, 0.4) is 0 Å². The number of nitrogens with zero attached hydrogens (tertiary/aromatic N) is 2. The van der Waals surface area contributed by atoms with Gasteiger partial charge in [0.25, 0.3) is 11.6 Å². The number of halogens is 1. The van der Waals surface area contributed by atoms with Crippen molar-refractivity contribution < 1.29 is 27.1 Å². The number of hydrogen-bond acceptors (Lipinski definition) is 8. The van der Waals surface area contributed by atoms with Gasteiger partial charge in [0.15, 0.2) is 11.5 Å². The van der Waals surface area contributed by atoms with E-state index in [1.54, 1.807) is 31.2 Å². The van der Waals surface area contributed by atoms with Gasteiger partial charge in [0, 0.05) is 21.4 Å². The fraction of sp³-hybridized carbons (Fsp3) is 0.0833. The monoisotopic (exact) mass is 619 g/mol. The molecule has 3 rings (SSSR count). The Morgan fingerprint density at radius 1 is 1.14 bits per heavy atom. The van der Waals surface area contributed by atoms with E-state index in [0.29, 0.717) is 11.3 Å². The summed E-state index contributed by atoms with van der Waals surface area (Å²) in [6.07, 6.45) is 1.32. The molecule has 0 atom stereocenters. The van der Waals surface area contributed by atoms with Crippen LogP contribution >= 0.6 is 22.6 Å². The van der Waals surface area contributed by atoms with Gasteiger partial charge in [-0.05, 0) is 83.6 Å². The maximum absolute atomic E-state index is 12.7. The Kier molecular flexibility index (Phi) is 8.62. The van der Waals surface area contributed by atoms with Crippen LogP contribution in [-0.2, 0) is 14.9 Å². The highest BCUT2D eigenvalue weighted by atomic mass is 127. The Bertz CT molecular complexity index is 1480. The molecule has 1 N–H and O–H groups in total. The maximum Gasteiger partial charge on any atom is 0.339 e. The van der Waals surface area contributed by atoms with Gasteiger partial charge < -0.3 is 14.2 Å². The molecule has 12 heteroatoms. The van der Waals surface area contributed by atoms with Crippen molar-refractivity contribution in [2.75, 3.05) is 11.9 Å². The van der Waals surface area contributed by atoms with Crippen molar-refractivity contribution in [3.63, 3.8) is 0 Å². The minimum absolute atomic E-state index is 0.0376. The molecule has 184 valence electrons. The molecule has 0 saturated heterocycles. The fourth-order valence-electron chi connectivity index (χ4n) is 2.92. The summed E-state index contributed by atoms with van der Waals surface area (Å²) in [6.45, 7) is 1.84. The van der Waals surface area contributed by atoms with Crippen molar-refractivity contribution in [2.45, 2.75) is 11.8 Å². The molecule has 0 bridgehead atoms. The van der Waals surface area contributed by atoms with E-state index in [-0.39, 0.29) is 23.7 Å². The topological polar surface area (TPSA) is 149 Å². The third-order valence-corrected chi connectivity index (χ3v) is 6.51. The molecule has 0 heterocycles. The molecule has 3 aromatic rings. The van der Waals surface area contributed by atoms with Crippen molar-refractivity contribution in [3.05, 3.63) is 91.6 Å². The molecule has 0 fully saturated rings. The van der Waals surface area contributed by atoms with E-state index in [0.717, 1.165) is 15.7 Å². The normalized spacial score (nSPS) is 11.3. The van der Waals surface area contributed by atoms with E-state index in [1.807, 2.05) is 6.07 Å².